The van der Waals surface area contributed by atoms with Crippen molar-refractivity contribution in [2.24, 2.45) is 5.92 Å². The van der Waals surface area contributed by atoms with Gasteiger partial charge in [-0.05, 0) is 17.9 Å². The van der Waals surface area contributed by atoms with E-state index >= 15 is 0 Å². The highest BCUT2D eigenvalue weighted by Crippen LogP contribution is 2.52. The van der Waals surface area contributed by atoms with Crippen LogP contribution in [-0.4, -0.2) is 29.1 Å². The van der Waals surface area contributed by atoms with Gasteiger partial charge >= 0.3 is 6.18 Å². The van der Waals surface area contributed by atoms with Gasteiger partial charge in [0.15, 0.2) is 0 Å². The summed E-state index contributed by atoms with van der Waals surface area (Å²) in [7, 11) is 0. The van der Waals surface area contributed by atoms with Gasteiger partial charge < -0.3 is 4.90 Å². The molecular formula is C14H12F3NO. The number of carbonyl (C=O) groups is 1. The van der Waals surface area contributed by atoms with Crippen molar-refractivity contribution in [3.05, 3.63) is 48.1 Å². The Morgan fingerprint density at radius 2 is 2.21 bits per heavy atom. The van der Waals surface area contributed by atoms with E-state index < -0.39 is 17.3 Å². The van der Waals surface area contributed by atoms with E-state index in [0.29, 0.717) is 12.0 Å². The lowest BCUT2D eigenvalue weighted by molar-refractivity contribution is -0.129. The van der Waals surface area contributed by atoms with Crippen molar-refractivity contribution in [3.8, 4) is 0 Å². The van der Waals surface area contributed by atoms with Crippen molar-refractivity contribution in [2.45, 2.75) is 18.1 Å². The number of amides is 1. The van der Waals surface area contributed by atoms with Crippen LogP contribution in [0.3, 0.4) is 0 Å². The van der Waals surface area contributed by atoms with Gasteiger partial charge in [0.05, 0.1) is 5.57 Å². The van der Waals surface area contributed by atoms with E-state index in [1.165, 1.54) is 29.2 Å². The monoisotopic (exact) mass is 267 g/mol. The Bertz CT molecular complexity index is 556. The second-order valence-electron chi connectivity index (χ2n) is 4.97. The third-order valence-electron chi connectivity index (χ3n) is 3.98. The Morgan fingerprint density at radius 3 is 2.84 bits per heavy atom. The minimum atomic E-state index is -4.46. The Morgan fingerprint density at radius 1 is 1.47 bits per heavy atom. The van der Waals surface area contributed by atoms with Gasteiger partial charge in [0.1, 0.15) is 5.54 Å². The van der Waals surface area contributed by atoms with Crippen molar-refractivity contribution < 1.29 is 18.0 Å². The number of carbonyl (C=O) groups excluding carboxylic acids is 1. The van der Waals surface area contributed by atoms with Crippen LogP contribution in [0.25, 0.3) is 0 Å². The second kappa shape index (κ2) is 3.62. The molecule has 0 unspecified atom stereocenters. The normalized spacial score (nSPS) is 32.9. The zero-order valence-corrected chi connectivity index (χ0v) is 10.1. The SMILES string of the molecule is C=C[C@@H]1C=C(C(F)(F)F)[C@@]23C=CCN2C(=O)C=C3C1. The predicted octanol–water partition coefficient (Wildman–Crippen LogP) is 2.76. The lowest BCUT2D eigenvalue weighted by Crippen LogP contribution is -2.50. The maximum atomic E-state index is 13.3. The molecule has 1 spiro atoms. The lowest BCUT2D eigenvalue weighted by Gasteiger charge is -2.41. The number of hydrogen-bond donors (Lipinski definition) is 0. The molecule has 0 aromatic carbocycles. The molecule has 3 aliphatic rings. The molecule has 0 fully saturated rings. The highest BCUT2D eigenvalue weighted by atomic mass is 19.4. The summed E-state index contributed by atoms with van der Waals surface area (Å²) in [6, 6.07) is 0. The molecule has 2 atom stereocenters. The number of nitrogens with zero attached hydrogens (tertiary/aromatic N) is 1. The van der Waals surface area contributed by atoms with Crippen molar-refractivity contribution in [2.75, 3.05) is 6.54 Å². The fraction of sp³-hybridized carbons (Fsp3) is 0.357. The van der Waals surface area contributed by atoms with Crippen LogP contribution < -0.4 is 0 Å². The van der Waals surface area contributed by atoms with Crippen LogP contribution in [0.4, 0.5) is 13.2 Å². The van der Waals surface area contributed by atoms with E-state index in [1.54, 1.807) is 6.08 Å². The Kier molecular flexibility index (Phi) is 2.34. The predicted molar refractivity (Wildman–Crippen MR) is 64.1 cm³/mol. The number of rotatable bonds is 1. The smallest absolute Gasteiger partial charge is 0.318 e. The zero-order chi connectivity index (χ0) is 13.8. The van der Waals surface area contributed by atoms with Crippen LogP contribution in [-0.2, 0) is 4.79 Å². The highest BCUT2D eigenvalue weighted by molar-refractivity contribution is 5.95. The molecule has 2 aliphatic heterocycles. The Labute approximate surface area is 108 Å². The summed E-state index contributed by atoms with van der Waals surface area (Å²) in [6.07, 6.45) is 3.12. The quantitative estimate of drug-likeness (QED) is 0.669. The van der Waals surface area contributed by atoms with Crippen LogP contribution in [0.2, 0.25) is 0 Å². The molecule has 5 heteroatoms. The van der Waals surface area contributed by atoms with Crippen LogP contribution in [0.5, 0.6) is 0 Å². The van der Waals surface area contributed by atoms with Crippen molar-refractivity contribution in [1.82, 2.24) is 4.90 Å². The molecule has 1 aliphatic carbocycles. The van der Waals surface area contributed by atoms with Crippen LogP contribution >= 0.6 is 0 Å². The molecule has 0 saturated heterocycles. The van der Waals surface area contributed by atoms with Gasteiger partial charge in [-0.2, -0.15) is 13.2 Å². The van der Waals surface area contributed by atoms with Gasteiger partial charge in [-0.25, -0.2) is 0 Å². The van der Waals surface area contributed by atoms with E-state index in [4.69, 9.17) is 0 Å². The van der Waals surface area contributed by atoms with Gasteiger partial charge in [-0.3, -0.25) is 4.79 Å². The van der Waals surface area contributed by atoms with Crippen molar-refractivity contribution >= 4 is 5.91 Å². The molecule has 19 heavy (non-hydrogen) atoms. The van der Waals surface area contributed by atoms with E-state index in [2.05, 4.69) is 6.58 Å². The van der Waals surface area contributed by atoms with Crippen molar-refractivity contribution in [3.63, 3.8) is 0 Å². The molecule has 1 amide bonds. The third kappa shape index (κ3) is 1.47. The summed E-state index contributed by atoms with van der Waals surface area (Å²) in [5.41, 5.74) is -1.54. The van der Waals surface area contributed by atoms with E-state index in [0.717, 1.165) is 0 Å². The van der Waals surface area contributed by atoms with Gasteiger partial charge in [-0.15, -0.1) is 6.58 Å². The van der Waals surface area contributed by atoms with E-state index in [9.17, 15) is 18.0 Å². The summed E-state index contributed by atoms with van der Waals surface area (Å²) in [6.45, 7) is 3.79. The third-order valence-corrected chi connectivity index (χ3v) is 3.98. The van der Waals surface area contributed by atoms with Gasteiger partial charge in [0, 0.05) is 12.6 Å². The van der Waals surface area contributed by atoms with Gasteiger partial charge in [0.2, 0.25) is 5.91 Å². The molecule has 2 nitrogen and oxygen atoms in total. The number of alkyl halides is 3. The minimum Gasteiger partial charge on any atom is -0.318 e. The number of halogens is 3. The molecule has 0 saturated carbocycles. The zero-order valence-electron chi connectivity index (χ0n) is 10.1. The first-order valence-electron chi connectivity index (χ1n) is 6.02. The molecule has 0 bridgehead atoms. The first kappa shape index (κ1) is 12.3. The molecule has 0 N–H and O–H groups in total. The van der Waals surface area contributed by atoms with Crippen LogP contribution in [0.1, 0.15) is 6.42 Å². The van der Waals surface area contributed by atoms with E-state index in [-0.39, 0.29) is 18.4 Å². The summed E-state index contributed by atoms with van der Waals surface area (Å²) in [5.74, 6) is -0.727. The molecule has 3 rings (SSSR count). The fourth-order valence-electron chi connectivity index (χ4n) is 3.18. The first-order valence-corrected chi connectivity index (χ1v) is 6.02. The molecule has 100 valence electrons. The summed E-state index contributed by atoms with van der Waals surface area (Å²) >= 11 is 0. The topological polar surface area (TPSA) is 20.3 Å². The van der Waals surface area contributed by atoms with Crippen molar-refractivity contribution in [1.29, 1.82) is 0 Å². The average molecular weight is 267 g/mol. The maximum absolute atomic E-state index is 13.3. The van der Waals surface area contributed by atoms with Gasteiger partial charge in [-0.1, -0.05) is 24.3 Å². The summed E-state index contributed by atoms with van der Waals surface area (Å²) in [5, 5.41) is 0. The van der Waals surface area contributed by atoms with Gasteiger partial charge in [0.25, 0.3) is 0 Å². The average Bonchev–Trinajstić information content (AvgIpc) is 2.84. The molecule has 0 radical (unpaired) electrons. The molecular weight excluding hydrogens is 255 g/mol. The Balaban J connectivity index is 2.22. The lowest BCUT2D eigenvalue weighted by atomic mass is 9.73. The molecule has 0 aromatic rings. The second-order valence-corrected chi connectivity index (χ2v) is 4.97. The minimum absolute atomic E-state index is 0.227. The molecule has 0 aromatic heterocycles. The fourth-order valence-corrected chi connectivity index (χ4v) is 3.18. The maximum Gasteiger partial charge on any atom is 0.415 e. The largest absolute Gasteiger partial charge is 0.415 e. The Hall–Kier alpha value is -1.78. The van der Waals surface area contributed by atoms with E-state index in [1.807, 2.05) is 0 Å². The highest BCUT2D eigenvalue weighted by Gasteiger charge is 2.59. The number of allylic oxidation sites excluding steroid dienone is 2. The summed E-state index contributed by atoms with van der Waals surface area (Å²) in [4.78, 5) is 13.2. The number of hydrogen-bond acceptors (Lipinski definition) is 1. The standard InChI is InChI=1S/C14H12F3NO/c1-2-9-6-10-8-12(19)18-5-3-4-13(10,18)11(7-9)14(15,16)17/h2-4,7-9H,1,5-6H2/t9-,13-/m0/s1. The van der Waals surface area contributed by atoms with Crippen LogP contribution in [0, 0.1) is 5.92 Å². The first-order chi connectivity index (χ1) is 8.89. The summed E-state index contributed by atoms with van der Waals surface area (Å²) < 4.78 is 40.0. The van der Waals surface area contributed by atoms with Crippen LogP contribution in [0.15, 0.2) is 48.1 Å². The molecule has 2 heterocycles.